The maximum Gasteiger partial charge on any atom is 0.322 e. The number of hydrogen-bond donors (Lipinski definition) is 1. The lowest BCUT2D eigenvalue weighted by Crippen LogP contribution is -2.41. The Morgan fingerprint density at radius 1 is 1.35 bits per heavy atom. The summed E-state index contributed by atoms with van der Waals surface area (Å²) >= 11 is 0. The van der Waals surface area contributed by atoms with E-state index in [9.17, 15) is 4.79 Å². The van der Waals surface area contributed by atoms with Crippen LogP contribution in [0.4, 0.5) is 0 Å². The van der Waals surface area contributed by atoms with Crippen LogP contribution >= 0.6 is 0 Å². The van der Waals surface area contributed by atoms with E-state index in [0.29, 0.717) is 11.5 Å². The lowest BCUT2D eigenvalue weighted by atomic mass is 9.80. The fourth-order valence-corrected chi connectivity index (χ4v) is 3.00. The van der Waals surface area contributed by atoms with Crippen LogP contribution in [-0.2, 0) is 9.53 Å². The summed E-state index contributed by atoms with van der Waals surface area (Å²) in [5.74, 6) is 0.666. The third kappa shape index (κ3) is 4.45. The van der Waals surface area contributed by atoms with Crippen molar-refractivity contribution >= 4 is 5.97 Å². The van der Waals surface area contributed by atoms with Gasteiger partial charge in [0.15, 0.2) is 0 Å². The molecule has 116 valence electrons. The van der Waals surface area contributed by atoms with E-state index in [0.717, 1.165) is 18.9 Å². The molecule has 4 heteroatoms. The van der Waals surface area contributed by atoms with Gasteiger partial charge in [-0.25, -0.2) is 0 Å². The second kappa shape index (κ2) is 6.44. The Hall–Kier alpha value is -0.610. The summed E-state index contributed by atoms with van der Waals surface area (Å²) in [6.07, 6.45) is 4.54. The van der Waals surface area contributed by atoms with Gasteiger partial charge in [0.05, 0.1) is 7.11 Å². The second-order valence-electron chi connectivity index (χ2n) is 7.46. The molecule has 0 aromatic heterocycles. The Bertz CT molecular complexity index is 334. The average Bonchev–Trinajstić information content (AvgIpc) is 3.06. The van der Waals surface area contributed by atoms with Gasteiger partial charge in [0.25, 0.3) is 0 Å². The summed E-state index contributed by atoms with van der Waals surface area (Å²) < 4.78 is 4.91. The van der Waals surface area contributed by atoms with Gasteiger partial charge in [0.1, 0.15) is 6.04 Å². The second-order valence-corrected chi connectivity index (χ2v) is 7.46. The van der Waals surface area contributed by atoms with E-state index in [1.165, 1.54) is 39.5 Å². The highest BCUT2D eigenvalue weighted by Crippen LogP contribution is 2.33. The molecule has 1 aliphatic heterocycles. The smallest absolute Gasteiger partial charge is 0.322 e. The van der Waals surface area contributed by atoms with Gasteiger partial charge in [-0.3, -0.25) is 4.79 Å². The van der Waals surface area contributed by atoms with Crippen molar-refractivity contribution in [1.82, 2.24) is 10.2 Å². The topological polar surface area (TPSA) is 41.6 Å². The quantitative estimate of drug-likeness (QED) is 0.757. The van der Waals surface area contributed by atoms with E-state index >= 15 is 0 Å². The standard InChI is InChI=1S/C16H30N2O2/c1-16(2,3)12-7-9-18(11-12)10-8-14(15(19)20-4)17-13-5-6-13/h12-14,17H,5-11H2,1-4H3. The Kier molecular flexibility index (Phi) is 5.08. The minimum Gasteiger partial charge on any atom is -0.468 e. The summed E-state index contributed by atoms with van der Waals surface area (Å²) in [6.45, 7) is 10.3. The van der Waals surface area contributed by atoms with Gasteiger partial charge in [-0.15, -0.1) is 0 Å². The summed E-state index contributed by atoms with van der Waals surface area (Å²) in [6, 6.07) is 0.418. The van der Waals surface area contributed by atoms with Crippen LogP contribution in [0.2, 0.25) is 0 Å². The minimum absolute atomic E-state index is 0.108. The van der Waals surface area contributed by atoms with Gasteiger partial charge in [0.2, 0.25) is 0 Å². The molecule has 4 nitrogen and oxygen atoms in total. The van der Waals surface area contributed by atoms with E-state index in [-0.39, 0.29) is 12.0 Å². The number of esters is 1. The lowest BCUT2D eigenvalue weighted by molar-refractivity contribution is -0.143. The molecule has 2 aliphatic rings. The number of carbonyl (C=O) groups is 1. The van der Waals surface area contributed by atoms with Crippen molar-refractivity contribution in [3.63, 3.8) is 0 Å². The SMILES string of the molecule is COC(=O)C(CCN1CCC(C(C)(C)C)C1)NC1CC1. The molecule has 2 fully saturated rings. The van der Waals surface area contributed by atoms with Crippen LogP contribution in [0.1, 0.15) is 46.5 Å². The molecule has 1 heterocycles. The van der Waals surface area contributed by atoms with Crippen LogP contribution in [0.3, 0.4) is 0 Å². The predicted molar refractivity (Wildman–Crippen MR) is 80.6 cm³/mol. The van der Waals surface area contributed by atoms with Crippen molar-refractivity contribution in [3.8, 4) is 0 Å². The molecule has 0 aromatic carbocycles. The number of nitrogens with one attached hydrogen (secondary N) is 1. The number of methoxy groups -OCH3 is 1. The molecule has 2 atom stereocenters. The van der Waals surface area contributed by atoms with E-state index < -0.39 is 0 Å². The first kappa shape index (κ1) is 15.8. The van der Waals surface area contributed by atoms with Gasteiger partial charge in [-0.1, -0.05) is 20.8 Å². The lowest BCUT2D eigenvalue weighted by Gasteiger charge is -2.27. The molecule has 20 heavy (non-hydrogen) atoms. The van der Waals surface area contributed by atoms with Crippen LogP contribution in [0.25, 0.3) is 0 Å². The maximum atomic E-state index is 11.8. The van der Waals surface area contributed by atoms with Gasteiger partial charge >= 0.3 is 5.97 Å². The molecule has 1 N–H and O–H groups in total. The van der Waals surface area contributed by atoms with Crippen molar-refractivity contribution in [3.05, 3.63) is 0 Å². The van der Waals surface area contributed by atoms with Crippen LogP contribution in [0.15, 0.2) is 0 Å². The van der Waals surface area contributed by atoms with E-state index in [2.05, 4.69) is 31.0 Å². The monoisotopic (exact) mass is 282 g/mol. The van der Waals surface area contributed by atoms with Crippen LogP contribution in [0.5, 0.6) is 0 Å². The van der Waals surface area contributed by atoms with Gasteiger partial charge < -0.3 is 15.0 Å². The summed E-state index contributed by atoms with van der Waals surface area (Å²) in [5, 5.41) is 3.41. The Labute approximate surface area is 123 Å². The summed E-state index contributed by atoms with van der Waals surface area (Å²) in [5.41, 5.74) is 0.392. The number of carbonyl (C=O) groups excluding carboxylic acids is 1. The van der Waals surface area contributed by atoms with Gasteiger partial charge in [-0.2, -0.15) is 0 Å². The zero-order valence-corrected chi connectivity index (χ0v) is 13.4. The fraction of sp³-hybridized carbons (Fsp3) is 0.938. The van der Waals surface area contributed by atoms with Crippen molar-refractivity contribution < 1.29 is 9.53 Å². The van der Waals surface area contributed by atoms with E-state index in [1.54, 1.807) is 0 Å². The molecule has 0 amide bonds. The predicted octanol–water partition coefficient (Wildman–Crippen LogP) is 2.04. The molecule has 1 aliphatic carbocycles. The molecule has 0 radical (unpaired) electrons. The first-order chi connectivity index (χ1) is 9.40. The van der Waals surface area contributed by atoms with Gasteiger partial charge in [0, 0.05) is 19.1 Å². The molecular formula is C16H30N2O2. The number of likely N-dealkylation sites (tertiary alicyclic amines) is 1. The van der Waals surface area contributed by atoms with Crippen molar-refractivity contribution in [2.24, 2.45) is 11.3 Å². The first-order valence-corrected chi connectivity index (χ1v) is 7.96. The van der Waals surface area contributed by atoms with Crippen LogP contribution in [-0.4, -0.2) is 49.7 Å². The maximum absolute atomic E-state index is 11.8. The molecular weight excluding hydrogens is 252 g/mol. The van der Waals surface area contributed by atoms with E-state index in [1.807, 2.05) is 0 Å². The Morgan fingerprint density at radius 3 is 2.55 bits per heavy atom. The molecule has 1 saturated carbocycles. The number of rotatable bonds is 6. The first-order valence-electron chi connectivity index (χ1n) is 7.96. The molecule has 2 unspecified atom stereocenters. The van der Waals surface area contributed by atoms with Crippen molar-refractivity contribution in [2.45, 2.75) is 58.5 Å². The molecule has 0 bridgehead atoms. The third-order valence-electron chi connectivity index (χ3n) is 4.73. The highest BCUT2D eigenvalue weighted by Gasteiger charge is 2.33. The summed E-state index contributed by atoms with van der Waals surface area (Å²) in [4.78, 5) is 14.3. The Morgan fingerprint density at radius 2 is 2.05 bits per heavy atom. The summed E-state index contributed by atoms with van der Waals surface area (Å²) in [7, 11) is 1.48. The van der Waals surface area contributed by atoms with Gasteiger partial charge in [-0.05, 0) is 43.6 Å². The molecule has 0 aromatic rings. The number of nitrogens with zero attached hydrogens (tertiary/aromatic N) is 1. The minimum atomic E-state index is -0.124. The highest BCUT2D eigenvalue weighted by molar-refractivity contribution is 5.75. The van der Waals surface area contributed by atoms with Crippen LogP contribution in [0, 0.1) is 11.3 Å². The molecule has 2 rings (SSSR count). The zero-order valence-electron chi connectivity index (χ0n) is 13.4. The highest BCUT2D eigenvalue weighted by atomic mass is 16.5. The van der Waals surface area contributed by atoms with E-state index in [4.69, 9.17) is 4.74 Å². The fourth-order valence-electron chi connectivity index (χ4n) is 3.00. The number of ether oxygens (including phenoxy) is 1. The molecule has 0 spiro atoms. The third-order valence-corrected chi connectivity index (χ3v) is 4.73. The van der Waals surface area contributed by atoms with Crippen molar-refractivity contribution in [2.75, 3.05) is 26.7 Å². The normalized spacial score (nSPS) is 25.7. The Balaban J connectivity index is 1.76. The molecule has 1 saturated heterocycles. The zero-order chi connectivity index (χ0) is 14.8. The average molecular weight is 282 g/mol. The number of hydrogen-bond acceptors (Lipinski definition) is 4. The van der Waals surface area contributed by atoms with Crippen LogP contribution < -0.4 is 5.32 Å². The largest absolute Gasteiger partial charge is 0.468 e. The van der Waals surface area contributed by atoms with Crippen molar-refractivity contribution in [1.29, 1.82) is 0 Å².